The van der Waals surface area contributed by atoms with Crippen LogP contribution in [0.25, 0.3) is 0 Å². The first-order valence-corrected chi connectivity index (χ1v) is 4.33. The van der Waals surface area contributed by atoms with Gasteiger partial charge >= 0.3 is 0 Å². The van der Waals surface area contributed by atoms with Crippen LogP contribution < -0.4 is 0 Å². The minimum absolute atomic E-state index is 0.343. The van der Waals surface area contributed by atoms with Crippen LogP contribution in [0, 0.1) is 5.92 Å². The number of rotatable bonds is 4. The van der Waals surface area contributed by atoms with Crippen LogP contribution in [0.2, 0.25) is 0 Å². The average molecular weight is 185 g/mol. The first-order chi connectivity index (χ1) is 6.13. The topological polar surface area (TPSA) is 71.2 Å². The zero-order valence-corrected chi connectivity index (χ0v) is 7.88. The number of aromatic nitrogens is 3. The maximum atomic E-state index is 9.19. The highest BCUT2D eigenvalue weighted by molar-refractivity contribution is 4.93. The largest absolute Gasteiger partial charge is 0.392 e. The normalized spacial score (nSPS) is 13.6. The smallest absolute Gasteiger partial charge is 0.171 e. The summed E-state index contributed by atoms with van der Waals surface area (Å²) >= 11 is 0. The zero-order chi connectivity index (χ0) is 9.84. The Morgan fingerprint density at radius 1 is 1.54 bits per heavy atom. The Morgan fingerprint density at radius 3 is 2.77 bits per heavy atom. The van der Waals surface area contributed by atoms with Crippen molar-refractivity contribution < 1.29 is 10.2 Å². The van der Waals surface area contributed by atoms with Crippen molar-refractivity contribution in [1.29, 1.82) is 0 Å². The van der Waals surface area contributed by atoms with Gasteiger partial charge in [0, 0.05) is 0 Å². The summed E-state index contributed by atoms with van der Waals surface area (Å²) in [5.74, 6) is 0.511. The van der Waals surface area contributed by atoms with Crippen LogP contribution >= 0.6 is 0 Å². The van der Waals surface area contributed by atoms with E-state index in [1.165, 1.54) is 4.68 Å². The highest BCUT2D eigenvalue weighted by Crippen LogP contribution is 2.06. The highest BCUT2D eigenvalue weighted by atomic mass is 16.3. The molecule has 0 saturated carbocycles. The van der Waals surface area contributed by atoms with E-state index in [4.69, 9.17) is 5.11 Å². The fourth-order valence-corrected chi connectivity index (χ4v) is 1.05. The molecule has 0 bridgehead atoms. The summed E-state index contributed by atoms with van der Waals surface area (Å²) in [5, 5.41) is 25.4. The Balaban J connectivity index is 2.63. The van der Waals surface area contributed by atoms with Crippen LogP contribution in [-0.2, 0) is 6.42 Å². The molecule has 0 radical (unpaired) electrons. The van der Waals surface area contributed by atoms with Crippen molar-refractivity contribution in [3.05, 3.63) is 11.9 Å². The molecule has 5 heteroatoms. The third kappa shape index (κ3) is 2.78. The van der Waals surface area contributed by atoms with E-state index >= 15 is 0 Å². The second-order valence-corrected chi connectivity index (χ2v) is 3.45. The van der Waals surface area contributed by atoms with Gasteiger partial charge in [-0.2, -0.15) is 0 Å². The molecule has 2 N–H and O–H groups in total. The molecule has 0 fully saturated rings. The first kappa shape index (κ1) is 10.1. The maximum absolute atomic E-state index is 9.19. The Hall–Kier alpha value is -0.940. The minimum Gasteiger partial charge on any atom is -0.392 e. The van der Waals surface area contributed by atoms with Crippen molar-refractivity contribution >= 4 is 0 Å². The van der Waals surface area contributed by atoms with Crippen LogP contribution in [0.5, 0.6) is 0 Å². The molecule has 1 unspecified atom stereocenters. The summed E-state index contributed by atoms with van der Waals surface area (Å²) < 4.78 is 1.26. The molecule has 74 valence electrons. The lowest BCUT2D eigenvalue weighted by Gasteiger charge is -2.04. The van der Waals surface area contributed by atoms with Crippen LogP contribution in [0.3, 0.4) is 0 Å². The van der Waals surface area contributed by atoms with E-state index in [1.807, 2.05) is 0 Å². The van der Waals surface area contributed by atoms with E-state index in [1.54, 1.807) is 6.20 Å². The van der Waals surface area contributed by atoms with Crippen molar-refractivity contribution in [3.63, 3.8) is 0 Å². The zero-order valence-electron chi connectivity index (χ0n) is 7.88. The molecule has 0 aliphatic carbocycles. The van der Waals surface area contributed by atoms with Gasteiger partial charge in [-0.05, 0) is 12.3 Å². The van der Waals surface area contributed by atoms with Crippen LogP contribution in [0.15, 0.2) is 6.20 Å². The molecule has 0 aromatic carbocycles. The van der Waals surface area contributed by atoms with E-state index in [9.17, 15) is 5.11 Å². The van der Waals surface area contributed by atoms with E-state index < -0.39 is 6.23 Å². The predicted octanol–water partition coefficient (Wildman–Crippen LogP) is -0.0402. The summed E-state index contributed by atoms with van der Waals surface area (Å²) in [6.07, 6.45) is 1.51. The number of aliphatic hydroxyl groups excluding tert-OH is 2. The molecule has 13 heavy (non-hydrogen) atoms. The van der Waals surface area contributed by atoms with Crippen molar-refractivity contribution in [2.24, 2.45) is 5.92 Å². The van der Waals surface area contributed by atoms with E-state index in [-0.39, 0.29) is 6.61 Å². The quantitative estimate of drug-likeness (QED) is 0.690. The SMILES string of the molecule is CC(C)Cc1cn(C(O)CO)nn1. The van der Waals surface area contributed by atoms with Crippen molar-refractivity contribution in [2.75, 3.05) is 6.61 Å². The average Bonchev–Trinajstić information content (AvgIpc) is 2.50. The van der Waals surface area contributed by atoms with E-state index in [2.05, 4.69) is 24.2 Å². The lowest BCUT2D eigenvalue weighted by molar-refractivity contribution is 0.0279. The Labute approximate surface area is 77.0 Å². The molecule has 1 rings (SSSR count). The van der Waals surface area contributed by atoms with Gasteiger partial charge < -0.3 is 10.2 Å². The summed E-state index contributed by atoms with van der Waals surface area (Å²) in [5.41, 5.74) is 0.836. The molecule has 0 aliphatic rings. The van der Waals surface area contributed by atoms with Gasteiger partial charge in [0.25, 0.3) is 0 Å². The van der Waals surface area contributed by atoms with Gasteiger partial charge in [-0.15, -0.1) is 5.10 Å². The molecule has 1 atom stereocenters. The molecule has 0 aliphatic heterocycles. The number of hydrogen-bond donors (Lipinski definition) is 2. The summed E-state index contributed by atoms with van der Waals surface area (Å²) in [6, 6.07) is 0. The molecule has 1 aromatic rings. The molecular weight excluding hydrogens is 170 g/mol. The Morgan fingerprint density at radius 2 is 2.23 bits per heavy atom. The first-order valence-electron chi connectivity index (χ1n) is 4.33. The van der Waals surface area contributed by atoms with Crippen molar-refractivity contribution in [1.82, 2.24) is 15.0 Å². The lowest BCUT2D eigenvalue weighted by atomic mass is 10.1. The van der Waals surface area contributed by atoms with Crippen LogP contribution in [0.4, 0.5) is 0 Å². The molecule has 1 heterocycles. The second-order valence-electron chi connectivity index (χ2n) is 3.45. The third-order valence-corrected chi connectivity index (χ3v) is 1.64. The Kier molecular flexibility index (Phi) is 3.39. The standard InChI is InChI=1S/C8H15N3O2/c1-6(2)3-7-4-11(10-9-7)8(13)5-12/h4,6,8,12-13H,3,5H2,1-2H3. The Bertz CT molecular complexity index is 260. The maximum Gasteiger partial charge on any atom is 0.171 e. The second kappa shape index (κ2) is 4.34. The fourth-order valence-electron chi connectivity index (χ4n) is 1.05. The highest BCUT2D eigenvalue weighted by Gasteiger charge is 2.08. The van der Waals surface area contributed by atoms with Crippen molar-refractivity contribution in [3.8, 4) is 0 Å². The molecule has 0 spiro atoms. The molecule has 1 aromatic heterocycles. The third-order valence-electron chi connectivity index (χ3n) is 1.64. The van der Waals surface area contributed by atoms with Crippen LogP contribution in [-0.4, -0.2) is 31.8 Å². The molecule has 5 nitrogen and oxygen atoms in total. The van der Waals surface area contributed by atoms with E-state index in [0.717, 1.165) is 12.1 Å². The summed E-state index contributed by atoms with van der Waals surface area (Å²) in [4.78, 5) is 0. The molecular formula is C8H15N3O2. The van der Waals surface area contributed by atoms with Crippen LogP contribution in [0.1, 0.15) is 25.8 Å². The van der Waals surface area contributed by atoms with Gasteiger partial charge in [-0.1, -0.05) is 19.1 Å². The van der Waals surface area contributed by atoms with E-state index in [0.29, 0.717) is 5.92 Å². The minimum atomic E-state index is -0.978. The summed E-state index contributed by atoms with van der Waals surface area (Å²) in [6.45, 7) is 3.83. The number of aliphatic hydroxyl groups is 2. The lowest BCUT2D eigenvalue weighted by Crippen LogP contribution is -2.12. The van der Waals surface area contributed by atoms with Gasteiger partial charge in [0.1, 0.15) is 0 Å². The monoisotopic (exact) mass is 185 g/mol. The van der Waals surface area contributed by atoms with Gasteiger partial charge in [-0.3, -0.25) is 0 Å². The van der Waals surface area contributed by atoms with Crippen molar-refractivity contribution in [2.45, 2.75) is 26.5 Å². The molecule has 0 amide bonds. The van der Waals surface area contributed by atoms with Gasteiger partial charge in [0.05, 0.1) is 18.5 Å². The number of hydrogen-bond acceptors (Lipinski definition) is 4. The van der Waals surface area contributed by atoms with Gasteiger partial charge in [0.2, 0.25) is 0 Å². The fraction of sp³-hybridized carbons (Fsp3) is 0.750. The summed E-state index contributed by atoms with van der Waals surface area (Å²) in [7, 11) is 0. The van der Waals surface area contributed by atoms with Gasteiger partial charge in [0.15, 0.2) is 6.23 Å². The molecule has 0 saturated heterocycles. The predicted molar refractivity (Wildman–Crippen MR) is 46.9 cm³/mol. The van der Waals surface area contributed by atoms with Gasteiger partial charge in [-0.25, -0.2) is 4.68 Å². The number of nitrogens with zero attached hydrogens (tertiary/aromatic N) is 3.